The van der Waals surface area contributed by atoms with Crippen LogP contribution >= 0.6 is 21.4 Å². The van der Waals surface area contributed by atoms with E-state index in [1.807, 2.05) is 6.07 Å². The lowest BCUT2D eigenvalue weighted by Gasteiger charge is -2.00. The van der Waals surface area contributed by atoms with Crippen molar-refractivity contribution in [3.8, 4) is 0 Å². The van der Waals surface area contributed by atoms with Crippen LogP contribution in [0.25, 0.3) is 10.9 Å². The van der Waals surface area contributed by atoms with Crippen molar-refractivity contribution in [2.45, 2.75) is 10.6 Å². The number of hydrogen-bond acceptors (Lipinski definition) is 5. The monoisotopic (exact) mass is 417 g/mol. The molecule has 0 radical (unpaired) electrons. The molecule has 0 amide bonds. The molecule has 0 aliphatic carbocycles. The summed E-state index contributed by atoms with van der Waals surface area (Å²) in [6, 6.07) is 17.2. The van der Waals surface area contributed by atoms with E-state index in [2.05, 4.69) is 4.98 Å². The number of para-hydroxylation sites is 1. The van der Waals surface area contributed by atoms with Gasteiger partial charge in [0.25, 0.3) is 9.05 Å². The molecular formula is C16H13Cl2NO4S2. The van der Waals surface area contributed by atoms with Crippen LogP contribution in [0.1, 0.15) is 5.56 Å². The molecule has 132 valence electrons. The summed E-state index contributed by atoms with van der Waals surface area (Å²) in [6.07, 6.45) is 1.54. The molecule has 2 aromatic carbocycles. The number of aromatic nitrogens is 1. The lowest BCUT2D eigenvalue weighted by atomic mass is 10.2. The number of pyridine rings is 1. The van der Waals surface area contributed by atoms with E-state index >= 15 is 0 Å². The largest absolute Gasteiger partial charge is 0.263 e. The van der Waals surface area contributed by atoms with E-state index in [1.165, 1.54) is 12.3 Å². The Morgan fingerprint density at radius 2 is 1.44 bits per heavy atom. The lowest BCUT2D eigenvalue weighted by Crippen LogP contribution is -1.93. The van der Waals surface area contributed by atoms with E-state index in [-0.39, 0.29) is 10.6 Å². The maximum Gasteiger partial charge on any atom is 0.263 e. The van der Waals surface area contributed by atoms with Crippen molar-refractivity contribution >= 4 is 50.4 Å². The van der Waals surface area contributed by atoms with E-state index in [9.17, 15) is 16.8 Å². The number of halogens is 2. The van der Waals surface area contributed by atoms with Crippen molar-refractivity contribution < 1.29 is 16.8 Å². The van der Waals surface area contributed by atoms with Crippen LogP contribution in [-0.2, 0) is 23.9 Å². The molecule has 0 spiro atoms. The van der Waals surface area contributed by atoms with Crippen LogP contribution < -0.4 is 0 Å². The van der Waals surface area contributed by atoms with Crippen LogP contribution in [0.2, 0.25) is 0 Å². The van der Waals surface area contributed by atoms with Gasteiger partial charge in [0.05, 0.1) is 11.3 Å². The third-order valence-electron chi connectivity index (χ3n) is 3.04. The van der Waals surface area contributed by atoms with Crippen LogP contribution in [0.4, 0.5) is 0 Å². The highest BCUT2D eigenvalue weighted by atomic mass is 35.7. The molecule has 5 nitrogen and oxygen atoms in total. The molecule has 9 heteroatoms. The predicted octanol–water partition coefficient (Wildman–Crippen LogP) is 3.92. The van der Waals surface area contributed by atoms with Crippen LogP contribution in [0.5, 0.6) is 0 Å². The number of fused-ring (bicyclic) bond motifs is 1. The number of benzene rings is 2. The van der Waals surface area contributed by atoms with Gasteiger partial charge in [-0.25, -0.2) is 16.8 Å². The van der Waals surface area contributed by atoms with Crippen molar-refractivity contribution in [3.05, 3.63) is 72.4 Å². The summed E-state index contributed by atoms with van der Waals surface area (Å²) in [6.45, 7) is 0. The van der Waals surface area contributed by atoms with Gasteiger partial charge in [-0.1, -0.05) is 48.5 Å². The zero-order chi connectivity index (χ0) is 18.5. The van der Waals surface area contributed by atoms with Gasteiger partial charge in [-0.3, -0.25) is 4.98 Å². The van der Waals surface area contributed by atoms with Crippen molar-refractivity contribution in [2.24, 2.45) is 0 Å². The summed E-state index contributed by atoms with van der Waals surface area (Å²) < 4.78 is 43.5. The van der Waals surface area contributed by atoms with Crippen molar-refractivity contribution in [2.75, 3.05) is 0 Å². The molecular weight excluding hydrogens is 405 g/mol. The minimum atomic E-state index is -3.72. The molecule has 1 aromatic heterocycles. The molecule has 0 atom stereocenters. The average Bonchev–Trinajstić information content (AvgIpc) is 2.53. The first-order valence-corrected chi connectivity index (χ1v) is 11.7. The molecule has 3 rings (SSSR count). The molecule has 3 aromatic rings. The Hall–Kier alpha value is -1.67. The summed E-state index contributed by atoms with van der Waals surface area (Å²) in [4.78, 5) is 4.04. The third kappa shape index (κ3) is 6.28. The van der Waals surface area contributed by atoms with Crippen LogP contribution in [0.15, 0.2) is 71.8 Å². The number of rotatable bonds is 3. The van der Waals surface area contributed by atoms with Crippen LogP contribution in [-0.4, -0.2) is 21.8 Å². The molecule has 0 bridgehead atoms. The highest BCUT2D eigenvalue weighted by Gasteiger charge is 2.14. The van der Waals surface area contributed by atoms with Gasteiger partial charge in [-0.2, -0.15) is 0 Å². The van der Waals surface area contributed by atoms with E-state index in [1.54, 1.807) is 48.5 Å². The third-order valence-corrected chi connectivity index (χ3v) is 5.40. The zero-order valence-corrected chi connectivity index (χ0v) is 15.9. The molecule has 1 heterocycles. The van der Waals surface area contributed by atoms with E-state index in [0.717, 1.165) is 5.39 Å². The van der Waals surface area contributed by atoms with Gasteiger partial charge in [0.1, 0.15) is 4.90 Å². The van der Waals surface area contributed by atoms with Crippen molar-refractivity contribution in [1.82, 2.24) is 4.98 Å². The first kappa shape index (κ1) is 19.7. The first-order chi connectivity index (χ1) is 11.7. The minimum Gasteiger partial charge on any atom is -0.255 e. The van der Waals surface area contributed by atoms with Gasteiger partial charge in [-0.15, -0.1) is 0 Å². The Balaban J connectivity index is 0.000000186. The van der Waals surface area contributed by atoms with Gasteiger partial charge in [-0.05, 0) is 17.7 Å². The van der Waals surface area contributed by atoms with Gasteiger partial charge < -0.3 is 0 Å². The first-order valence-electron chi connectivity index (χ1n) is 6.91. The van der Waals surface area contributed by atoms with E-state index in [0.29, 0.717) is 11.1 Å². The summed E-state index contributed by atoms with van der Waals surface area (Å²) in [5.41, 5.74) is 1.12. The normalized spacial score (nSPS) is 11.6. The maximum atomic E-state index is 11.2. The Morgan fingerprint density at radius 3 is 2.04 bits per heavy atom. The average molecular weight is 418 g/mol. The van der Waals surface area contributed by atoms with Gasteiger partial charge in [0, 0.05) is 32.9 Å². The van der Waals surface area contributed by atoms with E-state index < -0.39 is 18.1 Å². The Kier molecular flexibility index (Phi) is 6.40. The molecule has 0 N–H and O–H groups in total. The maximum absolute atomic E-state index is 11.2. The molecule has 0 fully saturated rings. The summed E-state index contributed by atoms with van der Waals surface area (Å²) >= 11 is 0. The molecule has 0 aliphatic rings. The second-order valence-corrected chi connectivity index (χ2v) is 10.2. The highest BCUT2D eigenvalue weighted by Crippen LogP contribution is 2.23. The van der Waals surface area contributed by atoms with Crippen LogP contribution in [0.3, 0.4) is 0 Å². The second-order valence-electron chi connectivity index (χ2n) is 4.94. The van der Waals surface area contributed by atoms with Gasteiger partial charge >= 0.3 is 0 Å². The lowest BCUT2D eigenvalue weighted by molar-refractivity contribution is 0.607. The van der Waals surface area contributed by atoms with Crippen molar-refractivity contribution in [1.29, 1.82) is 0 Å². The SMILES string of the molecule is O=S(=O)(Cl)Cc1ccccc1.O=S(=O)(Cl)c1cccc2cccnc12. The molecule has 0 unspecified atom stereocenters. The topological polar surface area (TPSA) is 81.2 Å². The van der Waals surface area contributed by atoms with E-state index in [4.69, 9.17) is 21.4 Å². The Bertz CT molecular complexity index is 1060. The zero-order valence-electron chi connectivity index (χ0n) is 12.7. The highest BCUT2D eigenvalue weighted by molar-refractivity contribution is 8.14. The summed E-state index contributed by atoms with van der Waals surface area (Å²) in [7, 11) is 3.19. The van der Waals surface area contributed by atoms with Crippen LogP contribution in [0, 0.1) is 0 Å². The summed E-state index contributed by atoms with van der Waals surface area (Å²) in [5, 5.41) is 0.759. The fourth-order valence-electron chi connectivity index (χ4n) is 2.05. The molecule has 0 saturated heterocycles. The second kappa shape index (κ2) is 8.14. The predicted molar refractivity (Wildman–Crippen MR) is 99.7 cm³/mol. The van der Waals surface area contributed by atoms with Gasteiger partial charge in [0.2, 0.25) is 9.05 Å². The summed E-state index contributed by atoms with van der Waals surface area (Å²) in [5.74, 6) is -0.102. The number of hydrogen-bond donors (Lipinski definition) is 0. The Morgan fingerprint density at radius 1 is 0.800 bits per heavy atom. The van der Waals surface area contributed by atoms with Gasteiger partial charge in [0.15, 0.2) is 0 Å². The Labute approximate surface area is 155 Å². The fraction of sp³-hybridized carbons (Fsp3) is 0.0625. The fourth-order valence-corrected chi connectivity index (χ4v) is 4.03. The van der Waals surface area contributed by atoms with Crippen molar-refractivity contribution in [3.63, 3.8) is 0 Å². The molecule has 0 saturated carbocycles. The smallest absolute Gasteiger partial charge is 0.255 e. The minimum absolute atomic E-state index is 0.0530. The molecule has 25 heavy (non-hydrogen) atoms. The standard InChI is InChI=1S/C9H6ClNO2S.C7H7ClO2S/c10-14(12,13)8-5-1-3-7-4-2-6-11-9(7)8;8-11(9,10)6-7-4-2-1-3-5-7/h1-6H;1-5H,6H2. The molecule has 0 aliphatic heterocycles. The quantitative estimate of drug-likeness (QED) is 0.603. The number of nitrogens with zero attached hydrogens (tertiary/aromatic N) is 1.